The van der Waals surface area contributed by atoms with Gasteiger partial charge in [-0.15, -0.1) is 6.58 Å². The van der Waals surface area contributed by atoms with Crippen molar-refractivity contribution in [1.82, 2.24) is 4.90 Å². The van der Waals surface area contributed by atoms with E-state index in [2.05, 4.69) is 99.0 Å². The highest BCUT2D eigenvalue weighted by molar-refractivity contribution is 5.86. The molecule has 0 radical (unpaired) electrons. The van der Waals surface area contributed by atoms with Crippen molar-refractivity contribution in [2.75, 3.05) is 0 Å². The average molecular weight is 460 g/mol. The van der Waals surface area contributed by atoms with Gasteiger partial charge in [-0.1, -0.05) is 94.4 Å². The molecule has 0 amide bonds. The molecule has 1 nitrogen and oxygen atoms in total. The van der Waals surface area contributed by atoms with Crippen LogP contribution in [0.4, 0.5) is 0 Å². The van der Waals surface area contributed by atoms with Gasteiger partial charge in [0.1, 0.15) is 0 Å². The maximum atomic E-state index is 3.36. The summed E-state index contributed by atoms with van der Waals surface area (Å²) in [6.07, 6.45) is 6.65. The normalized spacial score (nSPS) is 12.5. The monoisotopic (exact) mass is 459 g/mol. The predicted molar refractivity (Wildman–Crippen MR) is 155 cm³/mol. The zero-order chi connectivity index (χ0) is 25.6. The smallest absolute Gasteiger partial charge is 0.0242 e. The zero-order valence-electron chi connectivity index (χ0n) is 23.2. The van der Waals surface area contributed by atoms with Gasteiger partial charge in [-0.3, -0.25) is 4.90 Å². The molecule has 186 valence electrons. The molecule has 0 spiro atoms. The second-order valence-corrected chi connectivity index (χ2v) is 9.40. The van der Waals surface area contributed by atoms with Crippen molar-refractivity contribution in [3.05, 3.63) is 96.1 Å². The van der Waals surface area contributed by atoms with Crippen LogP contribution in [0.15, 0.2) is 79.4 Å². The molecule has 0 saturated heterocycles. The molecule has 1 fully saturated rings. The third-order valence-corrected chi connectivity index (χ3v) is 5.74. The summed E-state index contributed by atoms with van der Waals surface area (Å²) in [4.78, 5) is 2.69. The Bertz CT molecular complexity index is 945. The van der Waals surface area contributed by atoms with Crippen LogP contribution in [-0.2, 0) is 19.4 Å². The van der Waals surface area contributed by atoms with Gasteiger partial charge in [0.05, 0.1) is 0 Å². The number of benzene rings is 3. The highest BCUT2D eigenvalue weighted by Crippen LogP contribution is 2.35. The molecule has 3 aromatic rings. The molecule has 0 bridgehead atoms. The van der Waals surface area contributed by atoms with E-state index < -0.39 is 0 Å². The number of fused-ring (bicyclic) bond motifs is 1. The minimum atomic E-state index is 0.219. The predicted octanol–water partition coefficient (Wildman–Crippen LogP) is 9.63. The molecule has 34 heavy (non-hydrogen) atoms. The number of allylic oxidation sites excluding steroid dienone is 1. The van der Waals surface area contributed by atoms with Gasteiger partial charge in [-0.05, 0) is 86.9 Å². The fourth-order valence-corrected chi connectivity index (χ4v) is 4.18. The van der Waals surface area contributed by atoms with E-state index in [4.69, 9.17) is 0 Å². The largest absolute Gasteiger partial charge is 0.291 e. The Morgan fingerprint density at radius 3 is 1.94 bits per heavy atom. The van der Waals surface area contributed by atoms with Crippen LogP contribution in [0.1, 0.15) is 84.9 Å². The first-order chi connectivity index (χ1) is 16.4. The SMILES string of the molecule is C=CC.CC.CC.CC(C)(C)N(Cc1cc(CCc2ccccc2)c2ccccc2c1)C1CC1. The zero-order valence-corrected chi connectivity index (χ0v) is 23.2. The van der Waals surface area contributed by atoms with Gasteiger partial charge in [0.15, 0.2) is 0 Å². The Labute approximate surface area is 210 Å². The Balaban J connectivity index is 0.000000750. The van der Waals surface area contributed by atoms with E-state index in [-0.39, 0.29) is 5.54 Å². The molecule has 0 aromatic heterocycles. The molecular weight excluding hydrogens is 410 g/mol. The van der Waals surface area contributed by atoms with Crippen molar-refractivity contribution < 1.29 is 0 Å². The Morgan fingerprint density at radius 2 is 1.38 bits per heavy atom. The van der Waals surface area contributed by atoms with E-state index in [0.717, 1.165) is 25.4 Å². The van der Waals surface area contributed by atoms with Crippen LogP contribution in [0.5, 0.6) is 0 Å². The maximum absolute atomic E-state index is 3.36. The molecule has 0 unspecified atom stereocenters. The van der Waals surface area contributed by atoms with Gasteiger partial charge < -0.3 is 0 Å². The first-order valence-electron chi connectivity index (χ1n) is 13.3. The molecule has 1 aliphatic carbocycles. The Hall–Kier alpha value is -2.38. The minimum Gasteiger partial charge on any atom is -0.291 e. The lowest BCUT2D eigenvalue weighted by atomic mass is 9.95. The second-order valence-electron chi connectivity index (χ2n) is 9.40. The lowest BCUT2D eigenvalue weighted by molar-refractivity contribution is 0.118. The summed E-state index contributed by atoms with van der Waals surface area (Å²) < 4.78 is 0. The maximum Gasteiger partial charge on any atom is 0.0242 e. The third kappa shape index (κ3) is 9.47. The van der Waals surface area contributed by atoms with Crippen LogP contribution in [0.2, 0.25) is 0 Å². The van der Waals surface area contributed by atoms with Crippen LogP contribution in [0, 0.1) is 0 Å². The van der Waals surface area contributed by atoms with Gasteiger partial charge in [0.25, 0.3) is 0 Å². The molecule has 0 aliphatic heterocycles. The highest BCUT2D eigenvalue weighted by Gasteiger charge is 2.35. The van der Waals surface area contributed by atoms with Crippen LogP contribution >= 0.6 is 0 Å². The summed E-state index contributed by atoms with van der Waals surface area (Å²) in [6.45, 7) is 21.4. The summed E-state index contributed by atoms with van der Waals surface area (Å²) in [7, 11) is 0. The van der Waals surface area contributed by atoms with Gasteiger partial charge in [0.2, 0.25) is 0 Å². The molecule has 0 heterocycles. The summed E-state index contributed by atoms with van der Waals surface area (Å²) in [5.41, 5.74) is 4.58. The summed E-state index contributed by atoms with van der Waals surface area (Å²) in [5, 5.41) is 2.79. The van der Waals surface area contributed by atoms with Gasteiger partial charge >= 0.3 is 0 Å². The van der Waals surface area contributed by atoms with Gasteiger partial charge in [-0.25, -0.2) is 0 Å². The number of hydrogen-bond donors (Lipinski definition) is 0. The van der Waals surface area contributed by atoms with Crippen LogP contribution in [-0.4, -0.2) is 16.5 Å². The molecule has 4 rings (SSSR count). The highest BCUT2D eigenvalue weighted by atomic mass is 15.2. The average Bonchev–Trinajstić information content (AvgIpc) is 3.69. The van der Waals surface area contributed by atoms with Gasteiger partial charge in [0, 0.05) is 18.1 Å². The van der Waals surface area contributed by atoms with Crippen molar-refractivity contribution in [1.29, 1.82) is 0 Å². The topological polar surface area (TPSA) is 3.24 Å². The first kappa shape index (κ1) is 29.7. The van der Waals surface area contributed by atoms with Crippen molar-refractivity contribution in [2.24, 2.45) is 0 Å². The number of rotatable bonds is 6. The summed E-state index contributed by atoms with van der Waals surface area (Å²) in [6, 6.07) is 25.4. The van der Waals surface area contributed by atoms with Crippen molar-refractivity contribution in [3.63, 3.8) is 0 Å². The molecule has 3 aromatic carbocycles. The lowest BCUT2D eigenvalue weighted by Gasteiger charge is -2.36. The van der Waals surface area contributed by atoms with E-state index in [1.165, 1.54) is 40.3 Å². The molecule has 0 atom stereocenters. The fourth-order valence-electron chi connectivity index (χ4n) is 4.18. The quantitative estimate of drug-likeness (QED) is 0.332. The van der Waals surface area contributed by atoms with E-state index in [0.29, 0.717) is 0 Å². The van der Waals surface area contributed by atoms with E-state index >= 15 is 0 Å². The number of aryl methyl sites for hydroxylation is 2. The molecule has 1 aliphatic rings. The van der Waals surface area contributed by atoms with Crippen molar-refractivity contribution in [3.8, 4) is 0 Å². The minimum absolute atomic E-state index is 0.219. The summed E-state index contributed by atoms with van der Waals surface area (Å²) in [5.74, 6) is 0. The second kappa shape index (κ2) is 15.5. The Morgan fingerprint density at radius 1 is 0.824 bits per heavy atom. The van der Waals surface area contributed by atoms with Crippen LogP contribution in [0.3, 0.4) is 0 Å². The molecular formula is C33H49N. The van der Waals surface area contributed by atoms with Crippen molar-refractivity contribution >= 4 is 10.8 Å². The summed E-state index contributed by atoms with van der Waals surface area (Å²) >= 11 is 0. The van der Waals surface area contributed by atoms with E-state index in [1.807, 2.05) is 34.6 Å². The number of hydrogen-bond acceptors (Lipinski definition) is 1. The first-order valence-corrected chi connectivity index (χ1v) is 13.3. The standard InChI is InChI=1S/C26H31N.C3H6.2C2H6/c1-26(2,3)27(24-15-16-24)19-21-17-22-11-7-8-12-25(22)23(18-21)14-13-20-9-5-4-6-10-20;1-3-2;2*1-2/h4-12,17-18,24H,13-16,19H2,1-3H3;3H,1H2,2H3;2*1-2H3. The number of nitrogens with zero attached hydrogens (tertiary/aromatic N) is 1. The van der Waals surface area contributed by atoms with E-state index in [1.54, 1.807) is 6.08 Å². The molecule has 0 N–H and O–H groups in total. The van der Waals surface area contributed by atoms with Crippen LogP contribution < -0.4 is 0 Å². The lowest BCUT2D eigenvalue weighted by Crippen LogP contribution is -2.42. The van der Waals surface area contributed by atoms with Crippen LogP contribution in [0.25, 0.3) is 10.8 Å². The van der Waals surface area contributed by atoms with E-state index in [9.17, 15) is 0 Å². The van der Waals surface area contributed by atoms with Crippen molar-refractivity contribution in [2.45, 2.75) is 99.2 Å². The fraction of sp³-hybridized carbons (Fsp3) is 0.455. The molecule has 1 heteroatoms. The third-order valence-electron chi connectivity index (χ3n) is 5.74. The Kier molecular flexibility index (Phi) is 13.5. The van der Waals surface area contributed by atoms with Gasteiger partial charge in [-0.2, -0.15) is 0 Å². The molecule has 1 saturated carbocycles.